The lowest BCUT2D eigenvalue weighted by Crippen LogP contribution is -1.94. The molecule has 0 aliphatic heterocycles. The van der Waals surface area contributed by atoms with Gasteiger partial charge in [-0.2, -0.15) is 0 Å². The number of phenolic OH excluding ortho intramolecular Hbond substituents is 1. The molecule has 0 saturated heterocycles. The Balaban J connectivity index is 2.09. The topological polar surface area (TPSA) is 50.7 Å². The van der Waals surface area contributed by atoms with Crippen LogP contribution in [0.15, 0.2) is 54.6 Å². The molecule has 0 amide bonds. The molecule has 0 radical (unpaired) electrons. The Labute approximate surface area is 128 Å². The molecule has 3 aromatic carbocycles. The number of ether oxygens (including phenoxy) is 2. The van der Waals surface area contributed by atoms with Gasteiger partial charge in [-0.15, -0.1) is 0 Å². The van der Waals surface area contributed by atoms with Crippen LogP contribution in [0.5, 0.6) is 17.2 Å². The number of phenols is 1. The molecule has 3 rings (SSSR count). The molecule has 0 fully saturated rings. The van der Waals surface area contributed by atoms with Crippen molar-refractivity contribution in [2.45, 2.75) is 0 Å². The zero-order valence-corrected chi connectivity index (χ0v) is 12.5. The predicted molar refractivity (Wildman–Crippen MR) is 88.4 cm³/mol. The number of fused-ring (bicyclic) bond motifs is 1. The fourth-order valence-corrected chi connectivity index (χ4v) is 2.45. The normalized spacial score (nSPS) is 10.5. The van der Waals surface area contributed by atoms with Crippen molar-refractivity contribution in [3.63, 3.8) is 0 Å². The Morgan fingerprint density at radius 1 is 0.864 bits per heavy atom. The fourth-order valence-electron chi connectivity index (χ4n) is 2.45. The maximum Gasteiger partial charge on any atom is 0.161 e. The van der Waals surface area contributed by atoms with E-state index in [2.05, 4.69) is 5.32 Å². The smallest absolute Gasteiger partial charge is 0.161 e. The van der Waals surface area contributed by atoms with E-state index >= 15 is 0 Å². The number of methoxy groups -OCH3 is 2. The van der Waals surface area contributed by atoms with Crippen LogP contribution in [-0.4, -0.2) is 19.3 Å². The molecule has 3 aromatic rings. The Hall–Kier alpha value is -2.88. The van der Waals surface area contributed by atoms with E-state index in [1.807, 2.05) is 36.4 Å². The minimum absolute atomic E-state index is 0.226. The lowest BCUT2D eigenvalue weighted by atomic mass is 10.1. The summed E-state index contributed by atoms with van der Waals surface area (Å²) in [5, 5.41) is 15.0. The van der Waals surface area contributed by atoms with E-state index in [9.17, 15) is 5.11 Å². The van der Waals surface area contributed by atoms with Crippen molar-refractivity contribution in [2.24, 2.45) is 0 Å². The maximum atomic E-state index is 9.58. The fraction of sp³-hybridized carbons (Fsp3) is 0.111. The van der Waals surface area contributed by atoms with E-state index in [1.54, 1.807) is 32.4 Å². The molecule has 0 bridgehead atoms. The van der Waals surface area contributed by atoms with Gasteiger partial charge in [0.1, 0.15) is 5.75 Å². The van der Waals surface area contributed by atoms with Crippen molar-refractivity contribution < 1.29 is 14.6 Å². The summed E-state index contributed by atoms with van der Waals surface area (Å²) in [6, 6.07) is 16.9. The molecule has 0 atom stereocenters. The van der Waals surface area contributed by atoms with Crippen molar-refractivity contribution in [3.05, 3.63) is 54.6 Å². The van der Waals surface area contributed by atoms with Crippen LogP contribution in [0.25, 0.3) is 10.8 Å². The van der Waals surface area contributed by atoms with Gasteiger partial charge in [-0.25, -0.2) is 0 Å². The van der Waals surface area contributed by atoms with Crippen LogP contribution < -0.4 is 14.8 Å². The van der Waals surface area contributed by atoms with Gasteiger partial charge in [0.2, 0.25) is 0 Å². The molecule has 0 saturated carbocycles. The minimum Gasteiger partial charge on any atom is -0.508 e. The molecule has 2 N–H and O–H groups in total. The van der Waals surface area contributed by atoms with Gasteiger partial charge in [0.25, 0.3) is 0 Å². The van der Waals surface area contributed by atoms with Gasteiger partial charge < -0.3 is 19.9 Å². The molecule has 0 aliphatic rings. The quantitative estimate of drug-likeness (QED) is 0.753. The lowest BCUT2D eigenvalue weighted by molar-refractivity contribution is 0.356. The predicted octanol–water partition coefficient (Wildman–Crippen LogP) is 4.31. The molecule has 0 spiro atoms. The summed E-state index contributed by atoms with van der Waals surface area (Å²) in [6.45, 7) is 0. The third kappa shape index (κ3) is 2.63. The van der Waals surface area contributed by atoms with Gasteiger partial charge in [-0.1, -0.05) is 18.2 Å². The van der Waals surface area contributed by atoms with Gasteiger partial charge in [-0.05, 0) is 35.7 Å². The summed E-state index contributed by atoms with van der Waals surface area (Å²) in [7, 11) is 3.24. The summed E-state index contributed by atoms with van der Waals surface area (Å²) < 4.78 is 10.7. The number of benzene rings is 3. The molecule has 4 nitrogen and oxygen atoms in total. The van der Waals surface area contributed by atoms with E-state index in [4.69, 9.17) is 9.47 Å². The number of nitrogens with one attached hydrogen (secondary N) is 1. The van der Waals surface area contributed by atoms with Gasteiger partial charge in [-0.3, -0.25) is 0 Å². The number of rotatable bonds is 4. The van der Waals surface area contributed by atoms with E-state index < -0.39 is 0 Å². The highest BCUT2D eigenvalue weighted by atomic mass is 16.5. The van der Waals surface area contributed by atoms with Crippen LogP contribution in [-0.2, 0) is 0 Å². The molecule has 22 heavy (non-hydrogen) atoms. The first-order chi connectivity index (χ1) is 10.7. The highest BCUT2D eigenvalue weighted by Gasteiger charge is 2.09. The Morgan fingerprint density at radius 3 is 2.32 bits per heavy atom. The summed E-state index contributed by atoms with van der Waals surface area (Å²) in [5.74, 6) is 1.61. The number of hydrogen-bond donors (Lipinski definition) is 2. The van der Waals surface area contributed by atoms with Crippen LogP contribution in [0.4, 0.5) is 11.4 Å². The second kappa shape index (κ2) is 5.85. The van der Waals surface area contributed by atoms with E-state index in [0.29, 0.717) is 11.5 Å². The van der Waals surface area contributed by atoms with Crippen molar-refractivity contribution in [1.29, 1.82) is 0 Å². The summed E-state index contributed by atoms with van der Waals surface area (Å²) in [4.78, 5) is 0. The van der Waals surface area contributed by atoms with Crippen LogP contribution in [0.3, 0.4) is 0 Å². The van der Waals surface area contributed by atoms with Gasteiger partial charge in [0, 0.05) is 22.8 Å². The molecule has 0 heterocycles. The molecule has 4 heteroatoms. The molecule has 112 valence electrons. The molecule has 0 unspecified atom stereocenters. The Morgan fingerprint density at radius 2 is 1.59 bits per heavy atom. The Bertz CT molecular complexity index is 815. The second-order valence-electron chi connectivity index (χ2n) is 4.91. The summed E-state index contributed by atoms with van der Waals surface area (Å²) in [5.41, 5.74) is 1.76. The third-order valence-electron chi connectivity index (χ3n) is 3.51. The van der Waals surface area contributed by atoms with Gasteiger partial charge >= 0.3 is 0 Å². The minimum atomic E-state index is 0.226. The van der Waals surface area contributed by atoms with E-state index in [-0.39, 0.29) is 5.75 Å². The largest absolute Gasteiger partial charge is 0.508 e. The lowest BCUT2D eigenvalue weighted by Gasteiger charge is -2.13. The molecular formula is C18H17NO3. The maximum absolute atomic E-state index is 9.58. The van der Waals surface area contributed by atoms with Crippen LogP contribution in [0.1, 0.15) is 0 Å². The average Bonchev–Trinajstić information content (AvgIpc) is 2.54. The zero-order valence-electron chi connectivity index (χ0n) is 12.5. The number of anilines is 2. The summed E-state index contributed by atoms with van der Waals surface area (Å²) >= 11 is 0. The molecular weight excluding hydrogens is 278 g/mol. The number of aromatic hydroxyl groups is 1. The monoisotopic (exact) mass is 295 g/mol. The Kier molecular flexibility index (Phi) is 3.74. The highest BCUT2D eigenvalue weighted by Crippen LogP contribution is 2.36. The van der Waals surface area contributed by atoms with Crippen molar-refractivity contribution in [2.75, 3.05) is 19.5 Å². The third-order valence-corrected chi connectivity index (χ3v) is 3.51. The van der Waals surface area contributed by atoms with Gasteiger partial charge in [0.15, 0.2) is 11.5 Å². The van der Waals surface area contributed by atoms with E-state index in [1.165, 1.54) is 0 Å². The highest BCUT2D eigenvalue weighted by molar-refractivity contribution is 5.97. The SMILES string of the molecule is COc1cc2cccc(Nc3cccc(O)c3)c2cc1OC. The molecule has 0 aliphatic carbocycles. The van der Waals surface area contributed by atoms with Crippen molar-refractivity contribution >= 4 is 22.1 Å². The first kappa shape index (κ1) is 14.1. The standard InChI is InChI=1S/C18H17NO3/c1-21-17-9-12-5-3-8-16(15(12)11-18(17)22-2)19-13-6-4-7-14(20)10-13/h3-11,19-20H,1-2H3. The van der Waals surface area contributed by atoms with Crippen LogP contribution in [0, 0.1) is 0 Å². The van der Waals surface area contributed by atoms with Crippen LogP contribution >= 0.6 is 0 Å². The van der Waals surface area contributed by atoms with Crippen molar-refractivity contribution in [3.8, 4) is 17.2 Å². The average molecular weight is 295 g/mol. The first-order valence-electron chi connectivity index (χ1n) is 6.92. The first-order valence-corrected chi connectivity index (χ1v) is 6.92. The number of hydrogen-bond acceptors (Lipinski definition) is 4. The van der Waals surface area contributed by atoms with E-state index in [0.717, 1.165) is 22.1 Å². The van der Waals surface area contributed by atoms with Crippen molar-refractivity contribution in [1.82, 2.24) is 0 Å². The summed E-state index contributed by atoms with van der Waals surface area (Å²) in [6.07, 6.45) is 0. The second-order valence-corrected chi connectivity index (χ2v) is 4.91. The zero-order chi connectivity index (χ0) is 15.5. The van der Waals surface area contributed by atoms with Crippen LogP contribution in [0.2, 0.25) is 0 Å². The molecule has 0 aromatic heterocycles. The van der Waals surface area contributed by atoms with Gasteiger partial charge in [0.05, 0.1) is 14.2 Å².